The van der Waals surface area contributed by atoms with E-state index in [9.17, 15) is 8.42 Å². The molecule has 0 aliphatic rings. The summed E-state index contributed by atoms with van der Waals surface area (Å²) in [5.41, 5.74) is 0.430. The molecule has 1 aromatic carbocycles. The number of rotatable bonds is 8. The number of nitriles is 1. The molecule has 0 unspecified atom stereocenters. The molecule has 6 heteroatoms. The molecule has 1 rings (SSSR count). The van der Waals surface area contributed by atoms with Crippen LogP contribution >= 0.6 is 0 Å². The van der Waals surface area contributed by atoms with Crippen molar-refractivity contribution in [1.29, 1.82) is 5.26 Å². The molecule has 1 N–H and O–H groups in total. The summed E-state index contributed by atoms with van der Waals surface area (Å²) in [5, 5.41) is 17.6. The summed E-state index contributed by atoms with van der Waals surface area (Å²) in [6.45, 7) is 2.71. The number of hydrogen-bond acceptors (Lipinski definition) is 4. The molecule has 0 heterocycles. The highest BCUT2D eigenvalue weighted by molar-refractivity contribution is 7.89. The van der Waals surface area contributed by atoms with Gasteiger partial charge in [-0.1, -0.05) is 13.3 Å². The standard InChI is InChI=1S/C14H20N2O3S/c1-2-3-9-16(10-4-11-17)20(18,19)14-7-5-13(12-15)6-8-14/h5-8,17H,2-4,9-11H2,1H3. The zero-order valence-corrected chi connectivity index (χ0v) is 12.4. The fraction of sp³-hybridized carbons (Fsp3) is 0.500. The van der Waals surface area contributed by atoms with Crippen LogP contribution in [0, 0.1) is 11.3 Å². The van der Waals surface area contributed by atoms with Crippen molar-refractivity contribution in [3.05, 3.63) is 29.8 Å². The van der Waals surface area contributed by atoms with Crippen molar-refractivity contribution in [3.8, 4) is 6.07 Å². The van der Waals surface area contributed by atoms with E-state index in [1.54, 1.807) is 0 Å². The van der Waals surface area contributed by atoms with E-state index in [0.29, 0.717) is 25.1 Å². The Morgan fingerprint density at radius 1 is 1.20 bits per heavy atom. The highest BCUT2D eigenvalue weighted by Crippen LogP contribution is 2.17. The predicted molar refractivity (Wildman–Crippen MR) is 76.5 cm³/mol. The minimum atomic E-state index is -3.56. The zero-order valence-electron chi connectivity index (χ0n) is 11.6. The second-order valence-corrected chi connectivity index (χ2v) is 6.41. The maximum atomic E-state index is 12.5. The lowest BCUT2D eigenvalue weighted by atomic mass is 10.2. The van der Waals surface area contributed by atoms with Crippen molar-refractivity contribution >= 4 is 10.0 Å². The highest BCUT2D eigenvalue weighted by atomic mass is 32.2. The average Bonchev–Trinajstić information content (AvgIpc) is 2.47. The summed E-state index contributed by atoms with van der Waals surface area (Å²) in [6.07, 6.45) is 2.10. The van der Waals surface area contributed by atoms with E-state index in [4.69, 9.17) is 10.4 Å². The lowest BCUT2D eigenvalue weighted by Gasteiger charge is -2.21. The Morgan fingerprint density at radius 2 is 1.80 bits per heavy atom. The molecule has 0 amide bonds. The van der Waals surface area contributed by atoms with Crippen LogP contribution in [0.2, 0.25) is 0 Å². The molecule has 0 aliphatic carbocycles. The summed E-state index contributed by atoms with van der Waals surface area (Å²) in [6, 6.07) is 7.86. The fourth-order valence-corrected chi connectivity index (χ4v) is 3.30. The van der Waals surface area contributed by atoms with E-state index in [0.717, 1.165) is 12.8 Å². The molecule has 1 aromatic rings. The Hall–Kier alpha value is -1.42. The first-order valence-corrected chi connectivity index (χ1v) is 8.11. The Bertz CT molecular complexity index is 539. The van der Waals surface area contributed by atoms with Crippen molar-refractivity contribution in [3.63, 3.8) is 0 Å². The minimum Gasteiger partial charge on any atom is -0.396 e. The number of benzene rings is 1. The largest absolute Gasteiger partial charge is 0.396 e. The van der Waals surface area contributed by atoms with Crippen LogP contribution in [0.1, 0.15) is 31.7 Å². The molecule has 0 spiro atoms. The van der Waals surface area contributed by atoms with Gasteiger partial charge < -0.3 is 5.11 Å². The van der Waals surface area contributed by atoms with Gasteiger partial charge in [-0.05, 0) is 37.1 Å². The van der Waals surface area contributed by atoms with Gasteiger partial charge in [-0.3, -0.25) is 0 Å². The molecule has 0 saturated heterocycles. The molecule has 0 fully saturated rings. The normalized spacial score (nSPS) is 11.5. The first-order chi connectivity index (χ1) is 9.56. The molecular formula is C14H20N2O3S. The van der Waals surface area contributed by atoms with Gasteiger partial charge in [0.2, 0.25) is 10.0 Å². The van der Waals surface area contributed by atoms with Crippen LogP contribution in [0.25, 0.3) is 0 Å². The number of aliphatic hydroxyl groups excluding tert-OH is 1. The summed E-state index contributed by atoms with van der Waals surface area (Å²) in [7, 11) is -3.56. The van der Waals surface area contributed by atoms with Gasteiger partial charge in [0.15, 0.2) is 0 Å². The maximum Gasteiger partial charge on any atom is 0.243 e. The van der Waals surface area contributed by atoms with Gasteiger partial charge in [0.1, 0.15) is 0 Å². The fourth-order valence-electron chi connectivity index (χ4n) is 1.78. The van der Waals surface area contributed by atoms with Crippen LogP contribution in [0.4, 0.5) is 0 Å². The third-order valence-electron chi connectivity index (χ3n) is 2.95. The smallest absolute Gasteiger partial charge is 0.243 e. The Balaban J connectivity index is 2.98. The lowest BCUT2D eigenvalue weighted by molar-refractivity contribution is 0.268. The summed E-state index contributed by atoms with van der Waals surface area (Å²) >= 11 is 0. The first kappa shape index (κ1) is 16.6. The van der Waals surface area contributed by atoms with Gasteiger partial charge in [-0.15, -0.1) is 0 Å². The van der Waals surface area contributed by atoms with Crippen molar-refractivity contribution in [2.75, 3.05) is 19.7 Å². The van der Waals surface area contributed by atoms with Gasteiger partial charge >= 0.3 is 0 Å². The third kappa shape index (κ3) is 4.30. The molecule has 0 atom stereocenters. The number of sulfonamides is 1. The molecule has 20 heavy (non-hydrogen) atoms. The van der Waals surface area contributed by atoms with Crippen LogP contribution in [0.15, 0.2) is 29.2 Å². The summed E-state index contributed by atoms with van der Waals surface area (Å²) < 4.78 is 26.4. The van der Waals surface area contributed by atoms with E-state index < -0.39 is 10.0 Å². The molecule has 0 bridgehead atoms. The Morgan fingerprint density at radius 3 is 2.30 bits per heavy atom. The van der Waals surface area contributed by atoms with Crippen molar-refractivity contribution in [1.82, 2.24) is 4.31 Å². The number of aliphatic hydroxyl groups is 1. The molecule has 0 saturated carbocycles. The molecule has 0 radical (unpaired) electrons. The van der Waals surface area contributed by atoms with E-state index in [2.05, 4.69) is 0 Å². The van der Waals surface area contributed by atoms with Crippen LogP contribution in [-0.2, 0) is 10.0 Å². The van der Waals surface area contributed by atoms with Crippen molar-refractivity contribution in [2.24, 2.45) is 0 Å². The number of unbranched alkanes of at least 4 members (excludes halogenated alkanes) is 1. The first-order valence-electron chi connectivity index (χ1n) is 6.67. The minimum absolute atomic E-state index is 0.0362. The molecule has 110 valence electrons. The van der Waals surface area contributed by atoms with E-state index in [1.807, 2.05) is 13.0 Å². The van der Waals surface area contributed by atoms with E-state index in [1.165, 1.54) is 28.6 Å². The number of hydrogen-bond donors (Lipinski definition) is 1. The lowest BCUT2D eigenvalue weighted by Crippen LogP contribution is -2.33. The van der Waals surface area contributed by atoms with Gasteiger partial charge in [-0.2, -0.15) is 9.57 Å². The molecular weight excluding hydrogens is 276 g/mol. The highest BCUT2D eigenvalue weighted by Gasteiger charge is 2.23. The predicted octanol–water partition coefficient (Wildman–Crippen LogP) is 1.73. The van der Waals surface area contributed by atoms with Gasteiger partial charge in [0.25, 0.3) is 0 Å². The van der Waals surface area contributed by atoms with Crippen LogP contribution in [-0.4, -0.2) is 37.5 Å². The van der Waals surface area contributed by atoms with Crippen molar-refractivity contribution < 1.29 is 13.5 Å². The van der Waals surface area contributed by atoms with Gasteiger partial charge in [0, 0.05) is 19.7 Å². The Labute approximate surface area is 120 Å². The van der Waals surface area contributed by atoms with E-state index >= 15 is 0 Å². The quantitative estimate of drug-likeness (QED) is 0.792. The van der Waals surface area contributed by atoms with Gasteiger partial charge in [-0.25, -0.2) is 8.42 Å². The van der Waals surface area contributed by atoms with E-state index in [-0.39, 0.29) is 11.5 Å². The third-order valence-corrected chi connectivity index (χ3v) is 4.86. The van der Waals surface area contributed by atoms with Crippen molar-refractivity contribution in [2.45, 2.75) is 31.1 Å². The monoisotopic (exact) mass is 296 g/mol. The number of nitrogens with zero attached hydrogens (tertiary/aromatic N) is 2. The second kappa shape index (κ2) is 8.00. The molecule has 0 aromatic heterocycles. The molecule has 5 nitrogen and oxygen atoms in total. The topological polar surface area (TPSA) is 81.4 Å². The molecule has 0 aliphatic heterocycles. The second-order valence-electron chi connectivity index (χ2n) is 4.47. The SMILES string of the molecule is CCCCN(CCCO)S(=O)(=O)c1ccc(C#N)cc1. The van der Waals surface area contributed by atoms with Gasteiger partial charge in [0.05, 0.1) is 16.5 Å². The summed E-state index contributed by atoms with van der Waals surface area (Å²) in [4.78, 5) is 0.186. The van der Waals surface area contributed by atoms with Crippen LogP contribution in [0.5, 0.6) is 0 Å². The van der Waals surface area contributed by atoms with Crippen LogP contribution in [0.3, 0.4) is 0 Å². The van der Waals surface area contributed by atoms with Crippen LogP contribution < -0.4 is 0 Å². The maximum absolute atomic E-state index is 12.5. The summed E-state index contributed by atoms with van der Waals surface area (Å²) in [5.74, 6) is 0. The average molecular weight is 296 g/mol. The zero-order chi connectivity index (χ0) is 15.0. The Kier molecular flexibility index (Phi) is 6.65.